The summed E-state index contributed by atoms with van der Waals surface area (Å²) in [6.07, 6.45) is 1.14. The van der Waals surface area contributed by atoms with Gasteiger partial charge in [0.05, 0.1) is 16.1 Å². The molecule has 2 aromatic rings. The molecule has 21 heavy (non-hydrogen) atoms. The average molecular weight is 326 g/mol. The van der Waals surface area contributed by atoms with Crippen molar-refractivity contribution in [1.82, 2.24) is 4.98 Å². The number of benzene rings is 1. The summed E-state index contributed by atoms with van der Waals surface area (Å²) < 4.78 is 11.9. The first kappa shape index (κ1) is 14.8. The number of thiazole rings is 1. The average Bonchev–Trinajstić information content (AvgIpc) is 2.91. The molecule has 112 valence electrons. The summed E-state index contributed by atoms with van der Waals surface area (Å²) >= 11 is 7.49. The van der Waals surface area contributed by atoms with Gasteiger partial charge in [0.25, 0.3) is 0 Å². The van der Waals surface area contributed by atoms with Crippen molar-refractivity contribution in [3.8, 4) is 0 Å². The zero-order valence-corrected chi connectivity index (χ0v) is 13.2. The number of esters is 1. The van der Waals surface area contributed by atoms with Crippen LogP contribution in [-0.4, -0.2) is 24.2 Å². The Balaban J connectivity index is 1.71. The Hall–Kier alpha value is -1.17. The van der Waals surface area contributed by atoms with Gasteiger partial charge in [0.15, 0.2) is 6.10 Å². The maximum Gasteiger partial charge on any atom is 0.309 e. The summed E-state index contributed by atoms with van der Waals surface area (Å²) in [4.78, 5) is 16.6. The Kier molecular flexibility index (Phi) is 4.42. The van der Waals surface area contributed by atoms with Crippen molar-refractivity contribution in [2.45, 2.75) is 25.9 Å². The first-order valence-corrected chi connectivity index (χ1v) is 8.17. The second-order valence-electron chi connectivity index (χ2n) is 5.13. The van der Waals surface area contributed by atoms with Crippen LogP contribution in [-0.2, 0) is 14.3 Å². The van der Waals surface area contributed by atoms with Crippen LogP contribution in [0.25, 0.3) is 10.2 Å². The minimum atomic E-state index is -0.337. The summed E-state index contributed by atoms with van der Waals surface area (Å²) in [6.45, 7) is 3.12. The fourth-order valence-electron chi connectivity index (χ4n) is 2.35. The molecule has 4 nitrogen and oxygen atoms in total. The van der Waals surface area contributed by atoms with Gasteiger partial charge in [-0.25, -0.2) is 4.98 Å². The molecular formula is C15H16ClNO3S. The first-order valence-electron chi connectivity index (χ1n) is 6.97. The number of hydrogen-bond acceptors (Lipinski definition) is 5. The summed E-state index contributed by atoms with van der Waals surface area (Å²) in [5, 5.41) is 1.46. The molecule has 2 heterocycles. The van der Waals surface area contributed by atoms with Crippen molar-refractivity contribution >= 4 is 39.1 Å². The second-order valence-corrected chi connectivity index (χ2v) is 6.63. The van der Waals surface area contributed by atoms with Crippen LogP contribution in [0.15, 0.2) is 18.2 Å². The van der Waals surface area contributed by atoms with E-state index in [0.29, 0.717) is 18.2 Å². The molecule has 0 bridgehead atoms. The van der Waals surface area contributed by atoms with Gasteiger partial charge in [-0.05, 0) is 38.0 Å². The van der Waals surface area contributed by atoms with E-state index in [1.165, 1.54) is 11.3 Å². The normalized spacial score (nSPS) is 17.8. The summed E-state index contributed by atoms with van der Waals surface area (Å²) in [6, 6.07) is 5.60. The predicted molar refractivity (Wildman–Crippen MR) is 82.7 cm³/mol. The summed E-state index contributed by atoms with van der Waals surface area (Å²) in [5.41, 5.74) is 0.844. The van der Waals surface area contributed by atoms with E-state index in [0.717, 1.165) is 28.1 Å². The van der Waals surface area contributed by atoms with Crippen molar-refractivity contribution < 1.29 is 14.3 Å². The van der Waals surface area contributed by atoms with Crippen molar-refractivity contribution in [3.05, 3.63) is 28.2 Å². The van der Waals surface area contributed by atoms with Crippen LogP contribution in [0.1, 0.15) is 30.9 Å². The molecule has 1 fully saturated rings. The van der Waals surface area contributed by atoms with Crippen LogP contribution in [0.3, 0.4) is 0 Å². The highest BCUT2D eigenvalue weighted by Gasteiger charge is 2.25. The molecule has 1 aliphatic rings. The Morgan fingerprint density at radius 3 is 3.00 bits per heavy atom. The summed E-state index contributed by atoms with van der Waals surface area (Å²) in [5.74, 6) is -0.201. The van der Waals surface area contributed by atoms with Gasteiger partial charge in [0, 0.05) is 18.2 Å². The van der Waals surface area contributed by atoms with E-state index in [-0.39, 0.29) is 18.0 Å². The minimum Gasteiger partial charge on any atom is -0.455 e. The summed E-state index contributed by atoms with van der Waals surface area (Å²) in [7, 11) is 0. The van der Waals surface area contributed by atoms with Gasteiger partial charge in [0.2, 0.25) is 0 Å². The molecule has 0 saturated carbocycles. The molecule has 0 amide bonds. The topological polar surface area (TPSA) is 48.4 Å². The van der Waals surface area contributed by atoms with Crippen LogP contribution < -0.4 is 0 Å². The number of hydrogen-bond donors (Lipinski definition) is 0. The molecule has 0 radical (unpaired) electrons. The highest BCUT2D eigenvalue weighted by atomic mass is 35.5. The third-order valence-electron chi connectivity index (χ3n) is 3.56. The Morgan fingerprint density at radius 2 is 2.24 bits per heavy atom. The van der Waals surface area contributed by atoms with Crippen molar-refractivity contribution in [2.75, 3.05) is 13.2 Å². The number of fused-ring (bicyclic) bond motifs is 1. The molecule has 1 aliphatic heterocycles. The van der Waals surface area contributed by atoms with Crippen LogP contribution in [0.4, 0.5) is 0 Å². The predicted octanol–water partition coefficient (Wildman–Crippen LogP) is 3.98. The van der Waals surface area contributed by atoms with E-state index in [1.807, 2.05) is 25.1 Å². The molecule has 6 heteroatoms. The monoisotopic (exact) mass is 325 g/mol. The second kappa shape index (κ2) is 6.30. The van der Waals surface area contributed by atoms with Gasteiger partial charge in [0.1, 0.15) is 5.01 Å². The number of nitrogens with zero attached hydrogens (tertiary/aromatic N) is 1. The van der Waals surface area contributed by atoms with Gasteiger partial charge in [-0.2, -0.15) is 0 Å². The van der Waals surface area contributed by atoms with Crippen molar-refractivity contribution in [1.29, 1.82) is 0 Å². The number of halogens is 1. The number of rotatable bonds is 3. The van der Waals surface area contributed by atoms with Gasteiger partial charge < -0.3 is 9.47 Å². The third-order valence-corrected chi connectivity index (χ3v) is 4.99. The Morgan fingerprint density at radius 1 is 1.48 bits per heavy atom. The first-order chi connectivity index (χ1) is 10.1. The lowest BCUT2D eigenvalue weighted by Gasteiger charge is -2.22. The minimum absolute atomic E-state index is 0.0509. The van der Waals surface area contributed by atoms with E-state index in [2.05, 4.69) is 4.98 Å². The quantitative estimate of drug-likeness (QED) is 0.801. The van der Waals surface area contributed by atoms with Gasteiger partial charge in [-0.1, -0.05) is 11.6 Å². The molecule has 1 aromatic heterocycles. The highest BCUT2D eigenvalue weighted by Crippen LogP contribution is 2.30. The van der Waals surface area contributed by atoms with E-state index >= 15 is 0 Å². The largest absolute Gasteiger partial charge is 0.455 e. The molecule has 1 atom stereocenters. The standard InChI is InChI=1S/C15H16ClNO3S/c1-9(20-15(18)10-4-6-19-7-5-10)14-17-12-8-11(16)2-3-13(12)21-14/h2-3,8-10H,4-7H2,1H3. The molecule has 0 N–H and O–H groups in total. The van der Waals surface area contributed by atoms with E-state index in [1.54, 1.807) is 0 Å². The zero-order valence-electron chi connectivity index (χ0n) is 11.7. The maximum atomic E-state index is 12.1. The Bertz CT molecular complexity index is 651. The molecule has 0 aliphatic carbocycles. The number of carbonyl (C=O) groups is 1. The smallest absolute Gasteiger partial charge is 0.309 e. The molecule has 3 rings (SSSR count). The number of carbonyl (C=O) groups excluding carboxylic acids is 1. The lowest BCUT2D eigenvalue weighted by atomic mass is 10.0. The van der Waals surface area contributed by atoms with Crippen molar-refractivity contribution in [3.63, 3.8) is 0 Å². The van der Waals surface area contributed by atoms with Crippen LogP contribution in [0.2, 0.25) is 5.02 Å². The molecule has 1 unspecified atom stereocenters. The zero-order chi connectivity index (χ0) is 14.8. The molecule has 0 spiro atoms. The maximum absolute atomic E-state index is 12.1. The lowest BCUT2D eigenvalue weighted by molar-refractivity contribution is -0.156. The van der Waals surface area contributed by atoms with Crippen LogP contribution >= 0.6 is 22.9 Å². The molecule has 1 saturated heterocycles. The fraction of sp³-hybridized carbons (Fsp3) is 0.467. The number of aromatic nitrogens is 1. The Labute approximate surface area is 132 Å². The number of ether oxygens (including phenoxy) is 2. The van der Waals surface area contributed by atoms with E-state index in [4.69, 9.17) is 21.1 Å². The fourth-order valence-corrected chi connectivity index (χ4v) is 3.44. The van der Waals surface area contributed by atoms with E-state index in [9.17, 15) is 4.79 Å². The van der Waals surface area contributed by atoms with Gasteiger partial charge >= 0.3 is 5.97 Å². The SMILES string of the molecule is CC(OC(=O)C1CCOCC1)c1nc2cc(Cl)ccc2s1. The lowest BCUT2D eigenvalue weighted by Crippen LogP contribution is -2.26. The van der Waals surface area contributed by atoms with Gasteiger partial charge in [-0.3, -0.25) is 4.79 Å². The van der Waals surface area contributed by atoms with Gasteiger partial charge in [-0.15, -0.1) is 11.3 Å². The highest BCUT2D eigenvalue weighted by molar-refractivity contribution is 7.18. The van der Waals surface area contributed by atoms with Crippen LogP contribution in [0, 0.1) is 5.92 Å². The van der Waals surface area contributed by atoms with E-state index < -0.39 is 0 Å². The van der Waals surface area contributed by atoms with Crippen LogP contribution in [0.5, 0.6) is 0 Å². The third kappa shape index (κ3) is 3.36. The molecule has 1 aromatic carbocycles. The molecular weight excluding hydrogens is 310 g/mol. The van der Waals surface area contributed by atoms with Crippen molar-refractivity contribution in [2.24, 2.45) is 5.92 Å².